The highest BCUT2D eigenvalue weighted by atomic mass is 32.1. The molecule has 0 spiro atoms. The predicted molar refractivity (Wildman–Crippen MR) is 87.3 cm³/mol. The second-order valence-electron chi connectivity index (χ2n) is 4.99. The van der Waals surface area contributed by atoms with Crippen LogP contribution in [0.5, 0.6) is 0 Å². The minimum atomic E-state index is 0.796. The third-order valence-electron chi connectivity index (χ3n) is 3.51. The van der Waals surface area contributed by atoms with Crippen molar-refractivity contribution in [3.63, 3.8) is 0 Å². The fourth-order valence-electron chi connectivity index (χ4n) is 2.32. The predicted octanol–water partition coefficient (Wildman–Crippen LogP) is 4.11. The fourth-order valence-corrected chi connectivity index (χ4v) is 3.20. The van der Waals surface area contributed by atoms with Crippen molar-refractivity contribution >= 4 is 32.9 Å². The number of nitrogens with two attached hydrogens (primary N) is 1. The average Bonchev–Trinajstić information content (AvgIpc) is 2.93. The molecule has 3 aromatic rings. The van der Waals surface area contributed by atoms with Crippen molar-refractivity contribution in [3.05, 3.63) is 52.5 Å². The summed E-state index contributed by atoms with van der Waals surface area (Å²) in [4.78, 5) is 4.43. The molecule has 0 bridgehead atoms. The van der Waals surface area contributed by atoms with Crippen molar-refractivity contribution in [2.75, 3.05) is 11.1 Å². The topological polar surface area (TPSA) is 50.9 Å². The zero-order valence-corrected chi connectivity index (χ0v) is 12.4. The molecule has 0 amide bonds. The third kappa shape index (κ3) is 2.34. The molecule has 1 heterocycles. The molecule has 0 aliphatic heterocycles. The van der Waals surface area contributed by atoms with Crippen molar-refractivity contribution in [1.82, 2.24) is 4.98 Å². The highest BCUT2D eigenvalue weighted by Gasteiger charge is 2.08. The van der Waals surface area contributed by atoms with E-state index < -0.39 is 0 Å². The monoisotopic (exact) mass is 283 g/mol. The number of nitrogen functional groups attached to an aromatic ring is 1. The first-order valence-electron chi connectivity index (χ1n) is 6.57. The normalized spacial score (nSPS) is 10.9. The Kier molecular flexibility index (Phi) is 3.32. The molecule has 0 aliphatic rings. The van der Waals surface area contributed by atoms with Crippen molar-refractivity contribution in [3.8, 4) is 0 Å². The van der Waals surface area contributed by atoms with Crippen LogP contribution in [0.4, 0.5) is 11.4 Å². The first-order valence-corrected chi connectivity index (χ1v) is 7.45. The summed E-state index contributed by atoms with van der Waals surface area (Å²) in [6, 6.07) is 10.1. The number of hydrogen-bond acceptors (Lipinski definition) is 4. The highest BCUT2D eigenvalue weighted by Crippen LogP contribution is 2.31. The van der Waals surface area contributed by atoms with Crippen LogP contribution in [0, 0.1) is 13.8 Å². The number of nitrogens with one attached hydrogen (secondary N) is 1. The van der Waals surface area contributed by atoms with Crippen LogP contribution >= 0.6 is 11.3 Å². The van der Waals surface area contributed by atoms with Gasteiger partial charge in [-0.05, 0) is 48.7 Å². The van der Waals surface area contributed by atoms with Crippen molar-refractivity contribution in [2.45, 2.75) is 20.4 Å². The number of aryl methyl sites for hydroxylation is 2. The maximum Gasteiger partial charge on any atom is 0.0845 e. The van der Waals surface area contributed by atoms with E-state index in [1.54, 1.807) is 11.3 Å². The van der Waals surface area contributed by atoms with Gasteiger partial charge in [0, 0.05) is 17.9 Å². The maximum absolute atomic E-state index is 5.70. The molecule has 3 rings (SSSR count). The number of hydrogen-bond donors (Lipinski definition) is 2. The second kappa shape index (κ2) is 5.13. The molecule has 0 unspecified atom stereocenters. The van der Waals surface area contributed by atoms with Crippen molar-refractivity contribution in [1.29, 1.82) is 0 Å². The minimum absolute atomic E-state index is 0.796. The molecule has 2 aromatic carbocycles. The van der Waals surface area contributed by atoms with Crippen LogP contribution in [-0.4, -0.2) is 4.98 Å². The number of benzene rings is 2. The Hall–Kier alpha value is -2.07. The van der Waals surface area contributed by atoms with E-state index in [1.165, 1.54) is 27.1 Å². The Morgan fingerprint density at radius 2 is 1.95 bits per heavy atom. The molecule has 102 valence electrons. The molecule has 0 fully saturated rings. The Labute approximate surface area is 122 Å². The van der Waals surface area contributed by atoms with Gasteiger partial charge in [0.25, 0.3) is 0 Å². The van der Waals surface area contributed by atoms with E-state index in [2.05, 4.69) is 42.3 Å². The molecule has 0 aliphatic carbocycles. The molecular formula is C16H17N3S. The van der Waals surface area contributed by atoms with E-state index >= 15 is 0 Å². The standard InChI is InChI=1S/C16H17N3S/c1-10-7-14(11(2)16-15(10)19-9-20-16)18-8-12-3-5-13(17)6-4-12/h3-7,9,18H,8,17H2,1-2H3. The Bertz CT molecular complexity index is 744. The van der Waals surface area contributed by atoms with Crippen LogP contribution in [0.2, 0.25) is 0 Å². The van der Waals surface area contributed by atoms with E-state index in [0.717, 1.165) is 17.7 Å². The van der Waals surface area contributed by atoms with Gasteiger partial charge in [-0.1, -0.05) is 12.1 Å². The SMILES string of the molecule is Cc1cc(NCc2ccc(N)cc2)c(C)c2scnc12. The molecule has 0 radical (unpaired) electrons. The van der Waals surface area contributed by atoms with Crippen LogP contribution < -0.4 is 11.1 Å². The zero-order chi connectivity index (χ0) is 14.1. The van der Waals surface area contributed by atoms with Gasteiger partial charge < -0.3 is 11.1 Å². The Morgan fingerprint density at radius 3 is 2.70 bits per heavy atom. The largest absolute Gasteiger partial charge is 0.399 e. The van der Waals surface area contributed by atoms with E-state index in [-0.39, 0.29) is 0 Å². The molecule has 3 N–H and O–H groups in total. The summed E-state index contributed by atoms with van der Waals surface area (Å²) < 4.78 is 1.27. The lowest BCUT2D eigenvalue weighted by Crippen LogP contribution is -2.02. The van der Waals surface area contributed by atoms with Gasteiger partial charge in [-0.3, -0.25) is 0 Å². The molecule has 4 heteroatoms. The zero-order valence-electron chi connectivity index (χ0n) is 11.6. The van der Waals surface area contributed by atoms with Crippen LogP contribution in [0.1, 0.15) is 16.7 Å². The summed E-state index contributed by atoms with van der Waals surface area (Å²) in [7, 11) is 0. The fraction of sp³-hybridized carbons (Fsp3) is 0.188. The molecule has 3 nitrogen and oxygen atoms in total. The number of fused-ring (bicyclic) bond motifs is 1. The lowest BCUT2D eigenvalue weighted by Gasteiger charge is -2.12. The molecule has 0 atom stereocenters. The third-order valence-corrected chi connectivity index (χ3v) is 4.46. The van der Waals surface area contributed by atoms with Gasteiger partial charge in [-0.25, -0.2) is 4.98 Å². The van der Waals surface area contributed by atoms with Crippen LogP contribution in [0.25, 0.3) is 10.2 Å². The molecule has 0 saturated heterocycles. The van der Waals surface area contributed by atoms with Gasteiger partial charge >= 0.3 is 0 Å². The van der Waals surface area contributed by atoms with E-state index in [9.17, 15) is 0 Å². The quantitative estimate of drug-likeness (QED) is 0.711. The number of thiazole rings is 1. The Morgan fingerprint density at radius 1 is 1.20 bits per heavy atom. The number of aromatic nitrogens is 1. The first-order chi connectivity index (χ1) is 9.65. The van der Waals surface area contributed by atoms with Gasteiger partial charge in [0.15, 0.2) is 0 Å². The maximum atomic E-state index is 5.70. The van der Waals surface area contributed by atoms with Gasteiger partial charge in [0.1, 0.15) is 0 Å². The summed E-state index contributed by atoms with van der Waals surface area (Å²) in [5.74, 6) is 0. The lowest BCUT2D eigenvalue weighted by atomic mass is 10.1. The molecular weight excluding hydrogens is 266 g/mol. The van der Waals surface area contributed by atoms with Crippen molar-refractivity contribution < 1.29 is 0 Å². The number of rotatable bonds is 3. The Balaban J connectivity index is 1.87. The molecule has 0 saturated carbocycles. The van der Waals surface area contributed by atoms with Crippen LogP contribution in [0.3, 0.4) is 0 Å². The molecule has 1 aromatic heterocycles. The van der Waals surface area contributed by atoms with Crippen LogP contribution in [0.15, 0.2) is 35.8 Å². The minimum Gasteiger partial charge on any atom is -0.399 e. The number of anilines is 2. The van der Waals surface area contributed by atoms with Gasteiger partial charge in [-0.2, -0.15) is 0 Å². The molecule has 20 heavy (non-hydrogen) atoms. The smallest absolute Gasteiger partial charge is 0.0845 e. The highest BCUT2D eigenvalue weighted by molar-refractivity contribution is 7.17. The lowest BCUT2D eigenvalue weighted by molar-refractivity contribution is 1.14. The van der Waals surface area contributed by atoms with E-state index in [1.807, 2.05) is 17.6 Å². The number of nitrogens with zero attached hydrogens (tertiary/aromatic N) is 1. The van der Waals surface area contributed by atoms with Gasteiger partial charge in [0.05, 0.1) is 15.7 Å². The van der Waals surface area contributed by atoms with Gasteiger partial charge in [-0.15, -0.1) is 11.3 Å². The second-order valence-corrected chi connectivity index (χ2v) is 5.85. The summed E-state index contributed by atoms with van der Waals surface area (Å²) >= 11 is 1.70. The van der Waals surface area contributed by atoms with Crippen molar-refractivity contribution in [2.24, 2.45) is 0 Å². The summed E-state index contributed by atoms with van der Waals surface area (Å²) in [5.41, 5.74) is 14.4. The van der Waals surface area contributed by atoms with E-state index in [4.69, 9.17) is 5.73 Å². The average molecular weight is 283 g/mol. The first kappa shape index (κ1) is 12.9. The van der Waals surface area contributed by atoms with Crippen LogP contribution in [-0.2, 0) is 6.54 Å². The summed E-state index contributed by atoms with van der Waals surface area (Å²) in [5, 5.41) is 3.51. The summed E-state index contributed by atoms with van der Waals surface area (Å²) in [6.45, 7) is 5.05. The van der Waals surface area contributed by atoms with E-state index in [0.29, 0.717) is 0 Å². The summed E-state index contributed by atoms with van der Waals surface area (Å²) in [6.07, 6.45) is 0. The van der Waals surface area contributed by atoms with Gasteiger partial charge in [0.2, 0.25) is 0 Å².